The monoisotopic (exact) mass is 363 g/mol. The minimum absolute atomic E-state index is 0.171. The zero-order valence-corrected chi connectivity index (χ0v) is 14.7. The molecule has 0 atom stereocenters. The summed E-state index contributed by atoms with van der Waals surface area (Å²) in [5, 5.41) is 2.87. The lowest BCUT2D eigenvalue weighted by atomic mass is 10.2. The van der Waals surface area contributed by atoms with Gasteiger partial charge in [-0.1, -0.05) is 54.2 Å². The first-order valence-electron chi connectivity index (χ1n) is 8.05. The molecule has 0 radical (unpaired) electrons. The van der Waals surface area contributed by atoms with Crippen molar-refractivity contribution in [3.8, 4) is 5.75 Å². The number of carbonyl (C=O) groups excluding carboxylic acids is 2. The van der Waals surface area contributed by atoms with E-state index >= 15 is 0 Å². The summed E-state index contributed by atoms with van der Waals surface area (Å²) >= 11 is 1.57. The van der Waals surface area contributed by atoms with E-state index in [0.717, 1.165) is 15.5 Å². The van der Waals surface area contributed by atoms with Gasteiger partial charge in [-0.2, -0.15) is 0 Å². The van der Waals surface area contributed by atoms with Crippen LogP contribution < -0.4 is 10.1 Å². The number of carbonyl (C=O) groups is 2. The van der Waals surface area contributed by atoms with E-state index < -0.39 is 0 Å². The molecule has 0 saturated heterocycles. The highest BCUT2D eigenvalue weighted by atomic mass is 32.2. The van der Waals surface area contributed by atoms with E-state index in [-0.39, 0.29) is 12.5 Å². The number of para-hydroxylation sites is 2. The number of hydrogen-bond donors (Lipinski definition) is 1. The fraction of sp³-hybridized carbons (Fsp3) is 0.0476. The van der Waals surface area contributed by atoms with E-state index in [2.05, 4.69) is 5.32 Å². The van der Waals surface area contributed by atoms with Crippen LogP contribution in [0.5, 0.6) is 5.75 Å². The Morgan fingerprint density at radius 3 is 2.42 bits per heavy atom. The smallest absolute Gasteiger partial charge is 0.262 e. The first-order chi connectivity index (χ1) is 12.8. The van der Waals surface area contributed by atoms with Crippen LogP contribution in [0.2, 0.25) is 0 Å². The molecule has 130 valence electrons. The summed E-state index contributed by atoms with van der Waals surface area (Å²) in [4.78, 5) is 25.3. The van der Waals surface area contributed by atoms with Gasteiger partial charge in [0.25, 0.3) is 5.91 Å². The molecule has 0 spiro atoms. The summed E-state index contributed by atoms with van der Waals surface area (Å²) in [6.45, 7) is -0.171. The van der Waals surface area contributed by atoms with Crippen molar-refractivity contribution in [1.29, 1.82) is 0 Å². The van der Waals surface area contributed by atoms with Crippen molar-refractivity contribution in [3.05, 3.63) is 84.4 Å². The number of ether oxygens (including phenoxy) is 1. The van der Waals surface area contributed by atoms with E-state index in [9.17, 15) is 9.59 Å². The highest BCUT2D eigenvalue weighted by molar-refractivity contribution is 7.99. The van der Waals surface area contributed by atoms with Gasteiger partial charge in [-0.25, -0.2) is 0 Å². The maximum Gasteiger partial charge on any atom is 0.262 e. The Bertz CT molecular complexity index is 897. The average Bonchev–Trinajstić information content (AvgIpc) is 2.69. The molecule has 3 rings (SSSR count). The van der Waals surface area contributed by atoms with Gasteiger partial charge >= 0.3 is 0 Å². The maximum absolute atomic E-state index is 12.3. The van der Waals surface area contributed by atoms with E-state index in [1.165, 1.54) is 0 Å². The fourth-order valence-electron chi connectivity index (χ4n) is 2.31. The molecule has 3 aromatic carbocycles. The van der Waals surface area contributed by atoms with Gasteiger partial charge in [0.1, 0.15) is 5.75 Å². The molecular formula is C21H17NO3S. The summed E-state index contributed by atoms with van der Waals surface area (Å²) in [5.74, 6) is 0.108. The van der Waals surface area contributed by atoms with Gasteiger partial charge in [0.2, 0.25) is 0 Å². The number of anilines is 1. The van der Waals surface area contributed by atoms with Crippen LogP contribution in [0.25, 0.3) is 0 Å². The molecule has 0 heterocycles. The second kappa shape index (κ2) is 8.87. The second-order valence-corrected chi connectivity index (χ2v) is 6.52. The third-order valence-corrected chi connectivity index (χ3v) is 4.62. The Morgan fingerprint density at radius 1 is 0.923 bits per heavy atom. The van der Waals surface area contributed by atoms with Crippen molar-refractivity contribution in [1.82, 2.24) is 0 Å². The number of nitrogens with one attached hydrogen (secondary N) is 1. The van der Waals surface area contributed by atoms with Gasteiger partial charge in [-0.3, -0.25) is 9.59 Å². The Balaban J connectivity index is 1.65. The Kier molecular flexibility index (Phi) is 6.06. The summed E-state index contributed by atoms with van der Waals surface area (Å²) in [6, 6.07) is 24.4. The molecule has 26 heavy (non-hydrogen) atoms. The summed E-state index contributed by atoms with van der Waals surface area (Å²) in [6.07, 6.45) is 0.707. The Hall–Kier alpha value is -3.05. The van der Waals surface area contributed by atoms with Crippen molar-refractivity contribution < 1.29 is 14.3 Å². The highest BCUT2D eigenvalue weighted by Crippen LogP contribution is 2.33. The van der Waals surface area contributed by atoms with E-state index in [0.29, 0.717) is 17.6 Å². The molecule has 0 aliphatic carbocycles. The lowest BCUT2D eigenvalue weighted by molar-refractivity contribution is -0.118. The predicted molar refractivity (Wildman–Crippen MR) is 103 cm³/mol. The molecule has 0 aromatic heterocycles. The SMILES string of the molecule is O=Cc1ccccc1OCC(=O)Nc1ccccc1Sc1ccccc1. The van der Waals surface area contributed by atoms with Crippen LogP contribution in [0.4, 0.5) is 5.69 Å². The summed E-state index contributed by atoms with van der Waals surface area (Å²) < 4.78 is 5.47. The first-order valence-corrected chi connectivity index (χ1v) is 8.86. The second-order valence-electron chi connectivity index (χ2n) is 5.40. The van der Waals surface area contributed by atoms with Crippen LogP contribution >= 0.6 is 11.8 Å². The molecule has 0 bridgehead atoms. The average molecular weight is 363 g/mol. The Morgan fingerprint density at radius 2 is 1.62 bits per heavy atom. The molecule has 1 amide bonds. The molecule has 0 aliphatic heterocycles. The van der Waals surface area contributed by atoms with Gasteiger partial charge in [0.15, 0.2) is 12.9 Å². The number of rotatable bonds is 7. The third kappa shape index (κ3) is 4.74. The maximum atomic E-state index is 12.3. The van der Waals surface area contributed by atoms with Crippen LogP contribution in [-0.2, 0) is 4.79 Å². The van der Waals surface area contributed by atoms with E-state index in [1.807, 2.05) is 54.6 Å². The van der Waals surface area contributed by atoms with Gasteiger partial charge in [0, 0.05) is 9.79 Å². The molecule has 0 unspecified atom stereocenters. The fourth-order valence-corrected chi connectivity index (χ4v) is 3.24. The van der Waals surface area contributed by atoms with Gasteiger partial charge in [0.05, 0.1) is 11.3 Å². The minimum Gasteiger partial charge on any atom is -0.483 e. The standard InChI is InChI=1S/C21H17NO3S/c23-14-16-8-4-6-12-19(16)25-15-21(24)22-18-11-5-7-13-20(18)26-17-9-2-1-3-10-17/h1-14H,15H2,(H,22,24). The quantitative estimate of drug-likeness (QED) is 0.620. The van der Waals surface area contributed by atoms with Crippen LogP contribution in [0.15, 0.2) is 88.7 Å². The van der Waals surface area contributed by atoms with Crippen molar-refractivity contribution in [2.24, 2.45) is 0 Å². The van der Waals surface area contributed by atoms with E-state index in [1.54, 1.807) is 36.0 Å². The summed E-state index contributed by atoms with van der Waals surface area (Å²) in [7, 11) is 0. The van der Waals surface area contributed by atoms with Crippen molar-refractivity contribution in [2.75, 3.05) is 11.9 Å². The molecule has 5 heteroatoms. The zero-order chi connectivity index (χ0) is 18.2. The van der Waals surface area contributed by atoms with Crippen molar-refractivity contribution in [2.45, 2.75) is 9.79 Å². The van der Waals surface area contributed by atoms with E-state index in [4.69, 9.17) is 4.74 Å². The van der Waals surface area contributed by atoms with Crippen LogP contribution in [-0.4, -0.2) is 18.8 Å². The molecule has 0 saturated carbocycles. The lowest BCUT2D eigenvalue weighted by Crippen LogP contribution is -2.20. The topological polar surface area (TPSA) is 55.4 Å². The third-order valence-electron chi connectivity index (χ3n) is 3.54. The van der Waals surface area contributed by atoms with Crippen LogP contribution in [0.3, 0.4) is 0 Å². The molecular weight excluding hydrogens is 346 g/mol. The normalized spacial score (nSPS) is 10.2. The molecule has 3 aromatic rings. The number of aldehydes is 1. The van der Waals surface area contributed by atoms with Crippen LogP contribution in [0, 0.1) is 0 Å². The molecule has 4 nitrogen and oxygen atoms in total. The summed E-state index contributed by atoms with van der Waals surface area (Å²) in [5.41, 5.74) is 1.14. The largest absolute Gasteiger partial charge is 0.483 e. The Labute approximate surface area is 156 Å². The molecule has 0 aliphatic rings. The molecule has 1 N–H and O–H groups in total. The number of hydrogen-bond acceptors (Lipinski definition) is 4. The van der Waals surface area contributed by atoms with Crippen LogP contribution in [0.1, 0.15) is 10.4 Å². The van der Waals surface area contributed by atoms with Gasteiger partial charge in [-0.15, -0.1) is 0 Å². The molecule has 0 fully saturated rings. The first kappa shape index (κ1) is 17.8. The van der Waals surface area contributed by atoms with Gasteiger partial charge < -0.3 is 10.1 Å². The number of amides is 1. The zero-order valence-electron chi connectivity index (χ0n) is 13.9. The predicted octanol–water partition coefficient (Wildman–Crippen LogP) is 4.67. The lowest BCUT2D eigenvalue weighted by Gasteiger charge is -2.12. The van der Waals surface area contributed by atoms with Gasteiger partial charge in [-0.05, 0) is 36.4 Å². The van der Waals surface area contributed by atoms with Crippen molar-refractivity contribution >= 4 is 29.6 Å². The highest BCUT2D eigenvalue weighted by Gasteiger charge is 2.10. The minimum atomic E-state index is -0.285. The van der Waals surface area contributed by atoms with Crippen molar-refractivity contribution in [3.63, 3.8) is 0 Å². The number of benzene rings is 3.